The van der Waals surface area contributed by atoms with Crippen LogP contribution in [0.4, 0.5) is 17.6 Å². The second-order valence-corrected chi connectivity index (χ2v) is 9.02. The number of carbonyl (C=O) groups excluding carboxylic acids is 2. The van der Waals surface area contributed by atoms with Crippen molar-refractivity contribution in [3.8, 4) is 11.6 Å². The number of aromatic nitrogens is 1. The summed E-state index contributed by atoms with van der Waals surface area (Å²) >= 11 is 5.60. The minimum absolute atomic E-state index is 0.0402. The van der Waals surface area contributed by atoms with Gasteiger partial charge in [-0.15, -0.1) is 0 Å². The van der Waals surface area contributed by atoms with Crippen LogP contribution in [-0.2, 0) is 15.8 Å². The molecule has 2 aromatic rings. The van der Waals surface area contributed by atoms with E-state index in [4.69, 9.17) is 21.1 Å². The number of amides is 1. The maximum atomic E-state index is 13.4. The third-order valence-electron chi connectivity index (χ3n) is 5.82. The van der Waals surface area contributed by atoms with Crippen molar-refractivity contribution in [2.24, 2.45) is 5.41 Å². The zero-order valence-corrected chi connectivity index (χ0v) is 17.9. The Kier molecular flexibility index (Phi) is 5.98. The molecule has 11 heteroatoms. The maximum absolute atomic E-state index is 13.4. The van der Waals surface area contributed by atoms with Crippen LogP contribution in [0.3, 0.4) is 0 Å². The van der Waals surface area contributed by atoms with Crippen LogP contribution in [0, 0.1) is 11.2 Å². The van der Waals surface area contributed by atoms with Crippen molar-refractivity contribution in [2.45, 2.75) is 37.4 Å². The summed E-state index contributed by atoms with van der Waals surface area (Å²) in [6, 6.07) is 5.81. The number of benzene rings is 1. The third-order valence-corrected chi connectivity index (χ3v) is 6.13. The van der Waals surface area contributed by atoms with Crippen LogP contribution in [0.1, 0.15) is 31.2 Å². The van der Waals surface area contributed by atoms with Crippen molar-refractivity contribution in [3.05, 3.63) is 52.9 Å². The number of rotatable bonds is 9. The number of ether oxygens (including phenoxy) is 2. The second kappa shape index (κ2) is 8.48. The van der Waals surface area contributed by atoms with Crippen molar-refractivity contribution in [1.82, 2.24) is 10.3 Å². The van der Waals surface area contributed by atoms with E-state index in [2.05, 4.69) is 10.3 Å². The Morgan fingerprint density at radius 2 is 1.82 bits per heavy atom. The molecule has 3 aliphatic rings. The molecule has 0 saturated heterocycles. The lowest BCUT2D eigenvalue weighted by Crippen LogP contribution is -2.75. The van der Waals surface area contributed by atoms with Gasteiger partial charge in [-0.05, 0) is 42.9 Å². The van der Waals surface area contributed by atoms with Crippen LogP contribution in [0.2, 0.25) is 5.02 Å². The number of Topliss-reactive ketones (excluding diaryl/α,β-unsaturated/α-hetero) is 1. The molecule has 1 amide bonds. The molecule has 0 aliphatic heterocycles. The molecule has 33 heavy (non-hydrogen) atoms. The molecule has 1 aromatic carbocycles. The quantitative estimate of drug-likeness (QED) is 0.533. The fraction of sp³-hybridized carbons (Fsp3) is 0.409. The van der Waals surface area contributed by atoms with Crippen molar-refractivity contribution in [3.63, 3.8) is 0 Å². The number of nitrogens with one attached hydrogen (secondary N) is 1. The molecule has 5 rings (SSSR count). The van der Waals surface area contributed by atoms with Crippen LogP contribution < -0.4 is 14.8 Å². The lowest BCUT2D eigenvalue weighted by atomic mass is 9.38. The van der Waals surface area contributed by atoms with Gasteiger partial charge < -0.3 is 14.8 Å². The predicted octanol–water partition coefficient (Wildman–Crippen LogP) is 4.35. The molecule has 1 heterocycles. The van der Waals surface area contributed by atoms with E-state index in [1.807, 2.05) is 0 Å². The van der Waals surface area contributed by atoms with E-state index < -0.39 is 17.6 Å². The molecule has 3 saturated carbocycles. The first-order valence-electron chi connectivity index (χ1n) is 10.0. The van der Waals surface area contributed by atoms with E-state index in [1.165, 1.54) is 12.1 Å². The fourth-order valence-corrected chi connectivity index (χ4v) is 4.74. The van der Waals surface area contributed by atoms with Crippen molar-refractivity contribution < 1.29 is 36.6 Å². The molecule has 0 radical (unpaired) electrons. The van der Waals surface area contributed by atoms with Crippen molar-refractivity contribution in [1.29, 1.82) is 0 Å². The highest BCUT2D eigenvalue weighted by atomic mass is 35.5. The molecule has 3 aliphatic carbocycles. The highest BCUT2D eigenvalue weighted by molar-refractivity contribution is 6.30. The SMILES string of the molecule is O=C(COc1ccc(C(F)(F)F)cn1)CC12CC(NC(=O)COc3ccc(Cl)c(F)c3)(C1)C2. The van der Waals surface area contributed by atoms with Crippen molar-refractivity contribution in [2.75, 3.05) is 13.2 Å². The number of carbonyl (C=O) groups is 2. The smallest absolute Gasteiger partial charge is 0.417 e. The summed E-state index contributed by atoms with van der Waals surface area (Å²) in [6.07, 6.45) is -1.65. The number of hydrogen-bond donors (Lipinski definition) is 1. The minimum atomic E-state index is -4.49. The van der Waals surface area contributed by atoms with Gasteiger partial charge in [-0.2, -0.15) is 13.2 Å². The summed E-state index contributed by atoms with van der Waals surface area (Å²) in [5.41, 5.74) is -1.45. The van der Waals surface area contributed by atoms with Gasteiger partial charge in [-0.25, -0.2) is 9.37 Å². The first-order chi connectivity index (χ1) is 15.5. The van der Waals surface area contributed by atoms with Gasteiger partial charge in [0.05, 0.1) is 10.6 Å². The largest absolute Gasteiger partial charge is 0.484 e. The number of halogens is 5. The van der Waals surface area contributed by atoms with Crippen LogP contribution in [-0.4, -0.2) is 35.4 Å². The van der Waals surface area contributed by atoms with Gasteiger partial charge in [0.25, 0.3) is 5.91 Å². The summed E-state index contributed by atoms with van der Waals surface area (Å²) in [4.78, 5) is 28.0. The minimum Gasteiger partial charge on any atom is -0.484 e. The Morgan fingerprint density at radius 1 is 1.09 bits per heavy atom. The maximum Gasteiger partial charge on any atom is 0.417 e. The van der Waals surface area contributed by atoms with Gasteiger partial charge >= 0.3 is 6.18 Å². The number of ketones is 1. The standard InChI is InChI=1S/C22H19ClF4N2O4/c23-16-3-2-15(5-17(16)24)32-9-18(31)29-21-10-20(11-21,12-21)6-14(30)8-33-19-4-1-13(7-28-19)22(25,26)27/h1-5,7H,6,8-12H2,(H,29,31). The molecular weight excluding hydrogens is 468 g/mol. The first kappa shape index (κ1) is 23.3. The number of nitrogens with zero attached hydrogens (tertiary/aromatic N) is 1. The highest BCUT2D eigenvalue weighted by Gasteiger charge is 2.68. The lowest BCUT2D eigenvalue weighted by Gasteiger charge is -2.70. The molecule has 0 atom stereocenters. The van der Waals surface area contributed by atoms with E-state index >= 15 is 0 Å². The monoisotopic (exact) mass is 486 g/mol. The lowest BCUT2D eigenvalue weighted by molar-refractivity contribution is -0.173. The van der Waals surface area contributed by atoms with Gasteiger partial charge in [0, 0.05) is 30.3 Å². The van der Waals surface area contributed by atoms with Crippen LogP contribution >= 0.6 is 11.6 Å². The highest BCUT2D eigenvalue weighted by Crippen LogP contribution is 2.69. The number of alkyl halides is 3. The van der Waals surface area contributed by atoms with Gasteiger partial charge in [0.2, 0.25) is 5.88 Å². The molecule has 176 valence electrons. The Bertz CT molecular complexity index is 1060. The van der Waals surface area contributed by atoms with E-state index in [0.717, 1.165) is 18.2 Å². The van der Waals surface area contributed by atoms with Gasteiger partial charge in [0.15, 0.2) is 12.4 Å². The fourth-order valence-electron chi connectivity index (χ4n) is 4.62. The Hall–Kier alpha value is -2.88. The van der Waals surface area contributed by atoms with E-state index in [1.54, 1.807) is 0 Å². The van der Waals surface area contributed by atoms with Crippen LogP contribution in [0.5, 0.6) is 11.6 Å². The molecule has 1 N–H and O–H groups in total. The predicted molar refractivity (Wildman–Crippen MR) is 108 cm³/mol. The number of pyridine rings is 1. The van der Waals surface area contributed by atoms with E-state index in [-0.39, 0.29) is 58.9 Å². The summed E-state index contributed by atoms with van der Waals surface area (Å²) < 4.78 is 61.5. The van der Waals surface area contributed by atoms with E-state index in [9.17, 15) is 27.2 Å². The van der Waals surface area contributed by atoms with Gasteiger partial charge in [0.1, 0.15) is 18.2 Å². The molecular formula is C22H19ClF4N2O4. The Morgan fingerprint density at radius 3 is 2.42 bits per heavy atom. The molecule has 0 spiro atoms. The van der Waals surface area contributed by atoms with Gasteiger partial charge in [-0.3, -0.25) is 9.59 Å². The summed E-state index contributed by atoms with van der Waals surface area (Å²) in [6.45, 7) is -0.562. The van der Waals surface area contributed by atoms with E-state index in [0.29, 0.717) is 25.5 Å². The average molecular weight is 487 g/mol. The summed E-state index contributed by atoms with van der Waals surface area (Å²) in [5.74, 6) is -1.04. The van der Waals surface area contributed by atoms with Gasteiger partial charge in [-0.1, -0.05) is 11.6 Å². The Balaban J connectivity index is 1.16. The average Bonchev–Trinajstić information content (AvgIpc) is 2.70. The molecule has 2 bridgehead atoms. The first-order valence-corrected chi connectivity index (χ1v) is 10.4. The van der Waals surface area contributed by atoms with Crippen LogP contribution in [0.25, 0.3) is 0 Å². The molecule has 3 fully saturated rings. The summed E-state index contributed by atoms with van der Waals surface area (Å²) in [5, 5.41) is 2.86. The summed E-state index contributed by atoms with van der Waals surface area (Å²) in [7, 11) is 0. The van der Waals surface area contributed by atoms with Crippen LogP contribution in [0.15, 0.2) is 36.5 Å². The molecule has 0 unspecified atom stereocenters. The molecule has 6 nitrogen and oxygen atoms in total. The zero-order valence-electron chi connectivity index (χ0n) is 17.2. The number of hydrogen-bond acceptors (Lipinski definition) is 5. The molecule has 1 aromatic heterocycles. The van der Waals surface area contributed by atoms with Crippen molar-refractivity contribution >= 4 is 23.3 Å². The third kappa shape index (κ3) is 5.21. The normalized spacial score (nSPS) is 23.2. The topological polar surface area (TPSA) is 77.5 Å². The second-order valence-electron chi connectivity index (χ2n) is 8.61. The zero-order chi connectivity index (χ0) is 23.9. The Labute approximate surface area is 191 Å².